The highest BCUT2D eigenvalue weighted by atomic mass is 16.5. The summed E-state index contributed by atoms with van der Waals surface area (Å²) >= 11 is 0. The number of phenols is 1. The molecular weight excluding hydrogens is 286 g/mol. The summed E-state index contributed by atoms with van der Waals surface area (Å²) in [6, 6.07) is 9.40. The fourth-order valence-electron chi connectivity index (χ4n) is 2.00. The summed E-state index contributed by atoms with van der Waals surface area (Å²) in [7, 11) is 4.45. The average molecular weight is 303 g/mol. The van der Waals surface area contributed by atoms with Crippen LogP contribution in [-0.4, -0.2) is 32.3 Å². The number of benzene rings is 2. The van der Waals surface area contributed by atoms with Gasteiger partial charge in [-0.05, 0) is 24.3 Å². The van der Waals surface area contributed by atoms with E-state index in [0.717, 1.165) is 0 Å². The number of phenolic OH excluding ortho intramolecular Hbond substituents is 1. The summed E-state index contributed by atoms with van der Waals surface area (Å²) in [5.74, 6) is 0.914. The minimum absolute atomic E-state index is 0.0719. The van der Waals surface area contributed by atoms with Crippen LogP contribution in [0.3, 0.4) is 0 Å². The van der Waals surface area contributed by atoms with Gasteiger partial charge in [0, 0.05) is 17.3 Å². The molecule has 0 bridgehead atoms. The average Bonchev–Trinajstić information content (AvgIpc) is 2.53. The first-order chi connectivity index (χ1) is 10.6. The summed E-state index contributed by atoms with van der Waals surface area (Å²) in [4.78, 5) is 12.3. The molecule has 2 N–H and O–H groups in total. The summed E-state index contributed by atoms with van der Waals surface area (Å²) in [5.41, 5.74) is 0.830. The molecule has 1 amide bonds. The Morgan fingerprint density at radius 2 is 1.64 bits per heavy atom. The van der Waals surface area contributed by atoms with E-state index in [1.54, 1.807) is 24.3 Å². The van der Waals surface area contributed by atoms with Gasteiger partial charge in [0.05, 0.1) is 21.3 Å². The Bertz CT molecular complexity index is 659. The fourth-order valence-corrected chi connectivity index (χ4v) is 2.00. The minimum Gasteiger partial charge on any atom is -0.508 e. The molecule has 0 radical (unpaired) electrons. The number of carbonyl (C=O) groups excluding carboxylic acids is 1. The maximum atomic E-state index is 12.3. The molecule has 0 aliphatic heterocycles. The standard InChI is InChI=1S/C16H17NO5/c1-20-13-7-10(8-14(21-2)15(13)22-3)16(19)17-11-5-4-6-12(18)9-11/h4-9,18H,1-3H3,(H,17,19). The largest absolute Gasteiger partial charge is 0.508 e. The van der Waals surface area contributed by atoms with Crippen molar-refractivity contribution >= 4 is 11.6 Å². The smallest absolute Gasteiger partial charge is 0.255 e. The van der Waals surface area contributed by atoms with Crippen LogP contribution in [0.4, 0.5) is 5.69 Å². The van der Waals surface area contributed by atoms with E-state index in [1.807, 2.05) is 0 Å². The van der Waals surface area contributed by atoms with Gasteiger partial charge in [0.1, 0.15) is 5.75 Å². The Morgan fingerprint density at radius 1 is 1.00 bits per heavy atom. The quantitative estimate of drug-likeness (QED) is 0.888. The third-order valence-electron chi connectivity index (χ3n) is 3.03. The molecule has 2 aromatic carbocycles. The zero-order chi connectivity index (χ0) is 16.1. The van der Waals surface area contributed by atoms with Gasteiger partial charge in [0.15, 0.2) is 11.5 Å². The van der Waals surface area contributed by atoms with Crippen molar-refractivity contribution in [3.63, 3.8) is 0 Å². The number of ether oxygens (including phenoxy) is 3. The zero-order valence-corrected chi connectivity index (χ0v) is 12.5. The molecule has 116 valence electrons. The van der Waals surface area contributed by atoms with Crippen LogP contribution in [0.1, 0.15) is 10.4 Å². The maximum absolute atomic E-state index is 12.3. The van der Waals surface area contributed by atoms with Gasteiger partial charge < -0.3 is 24.6 Å². The molecular formula is C16H17NO5. The monoisotopic (exact) mass is 303 g/mol. The van der Waals surface area contributed by atoms with Crippen LogP contribution >= 0.6 is 0 Å². The van der Waals surface area contributed by atoms with Crippen LogP contribution in [-0.2, 0) is 0 Å². The van der Waals surface area contributed by atoms with Crippen LogP contribution in [0.15, 0.2) is 36.4 Å². The van der Waals surface area contributed by atoms with Crippen LogP contribution in [0.2, 0.25) is 0 Å². The highest BCUT2D eigenvalue weighted by molar-refractivity contribution is 6.05. The molecule has 0 aliphatic rings. The van der Waals surface area contributed by atoms with Crippen molar-refractivity contribution in [1.29, 1.82) is 0 Å². The predicted molar refractivity (Wildman–Crippen MR) is 82.2 cm³/mol. The molecule has 2 rings (SSSR count). The SMILES string of the molecule is COc1cc(C(=O)Nc2cccc(O)c2)cc(OC)c1OC. The van der Waals surface area contributed by atoms with Crippen molar-refractivity contribution in [3.8, 4) is 23.0 Å². The van der Waals surface area contributed by atoms with Crippen molar-refractivity contribution in [2.24, 2.45) is 0 Å². The molecule has 6 nitrogen and oxygen atoms in total. The van der Waals surface area contributed by atoms with Gasteiger partial charge in [0.25, 0.3) is 5.91 Å². The molecule has 0 aliphatic carbocycles. The second kappa shape index (κ2) is 6.71. The second-order valence-corrected chi connectivity index (χ2v) is 4.42. The van der Waals surface area contributed by atoms with E-state index in [-0.39, 0.29) is 11.7 Å². The van der Waals surface area contributed by atoms with E-state index in [2.05, 4.69) is 5.32 Å². The lowest BCUT2D eigenvalue weighted by Crippen LogP contribution is -2.12. The van der Waals surface area contributed by atoms with E-state index in [0.29, 0.717) is 28.5 Å². The van der Waals surface area contributed by atoms with Gasteiger partial charge in [-0.3, -0.25) is 4.79 Å². The van der Waals surface area contributed by atoms with Gasteiger partial charge in [-0.25, -0.2) is 0 Å². The summed E-state index contributed by atoms with van der Waals surface area (Å²) in [6.07, 6.45) is 0. The Kier molecular flexibility index (Phi) is 4.73. The molecule has 0 atom stereocenters. The fraction of sp³-hybridized carbons (Fsp3) is 0.188. The van der Waals surface area contributed by atoms with Crippen LogP contribution < -0.4 is 19.5 Å². The van der Waals surface area contributed by atoms with Gasteiger partial charge in [0.2, 0.25) is 5.75 Å². The number of anilines is 1. The van der Waals surface area contributed by atoms with Crippen molar-refractivity contribution < 1.29 is 24.1 Å². The van der Waals surface area contributed by atoms with E-state index < -0.39 is 0 Å². The molecule has 0 heterocycles. The van der Waals surface area contributed by atoms with Crippen molar-refractivity contribution in [2.75, 3.05) is 26.6 Å². The van der Waals surface area contributed by atoms with E-state index >= 15 is 0 Å². The number of amides is 1. The van der Waals surface area contributed by atoms with Crippen molar-refractivity contribution in [2.45, 2.75) is 0 Å². The summed E-state index contributed by atoms with van der Waals surface area (Å²) < 4.78 is 15.6. The Morgan fingerprint density at radius 3 is 2.14 bits per heavy atom. The van der Waals surface area contributed by atoms with Gasteiger partial charge in [-0.1, -0.05) is 6.07 Å². The van der Waals surface area contributed by atoms with Gasteiger partial charge >= 0.3 is 0 Å². The maximum Gasteiger partial charge on any atom is 0.255 e. The molecule has 0 saturated heterocycles. The molecule has 0 unspecified atom stereocenters. The Labute approximate surface area is 128 Å². The van der Waals surface area contributed by atoms with E-state index in [4.69, 9.17) is 14.2 Å². The van der Waals surface area contributed by atoms with Crippen LogP contribution in [0.25, 0.3) is 0 Å². The first-order valence-corrected chi connectivity index (χ1v) is 6.49. The third kappa shape index (κ3) is 3.22. The number of rotatable bonds is 5. The first kappa shape index (κ1) is 15.5. The molecule has 22 heavy (non-hydrogen) atoms. The lowest BCUT2D eigenvalue weighted by atomic mass is 10.1. The zero-order valence-electron chi connectivity index (χ0n) is 12.5. The van der Waals surface area contributed by atoms with Crippen LogP contribution in [0, 0.1) is 0 Å². The van der Waals surface area contributed by atoms with Gasteiger partial charge in [-0.2, -0.15) is 0 Å². The number of aromatic hydroxyl groups is 1. The molecule has 2 aromatic rings. The van der Waals surface area contributed by atoms with Crippen molar-refractivity contribution in [1.82, 2.24) is 0 Å². The molecule has 0 saturated carbocycles. The molecule has 0 aromatic heterocycles. The van der Waals surface area contributed by atoms with Gasteiger partial charge in [-0.15, -0.1) is 0 Å². The summed E-state index contributed by atoms with van der Waals surface area (Å²) in [5, 5.41) is 12.1. The topological polar surface area (TPSA) is 77.0 Å². The number of hydrogen-bond donors (Lipinski definition) is 2. The van der Waals surface area contributed by atoms with E-state index in [9.17, 15) is 9.90 Å². The summed E-state index contributed by atoms with van der Waals surface area (Å²) in [6.45, 7) is 0. The van der Waals surface area contributed by atoms with Crippen LogP contribution in [0.5, 0.6) is 23.0 Å². The Balaban J connectivity index is 2.33. The number of nitrogens with one attached hydrogen (secondary N) is 1. The minimum atomic E-state index is -0.357. The first-order valence-electron chi connectivity index (χ1n) is 6.49. The number of methoxy groups -OCH3 is 3. The lowest BCUT2D eigenvalue weighted by Gasteiger charge is -2.14. The van der Waals surface area contributed by atoms with Crippen molar-refractivity contribution in [3.05, 3.63) is 42.0 Å². The second-order valence-electron chi connectivity index (χ2n) is 4.42. The highest BCUT2D eigenvalue weighted by Crippen LogP contribution is 2.38. The number of hydrogen-bond acceptors (Lipinski definition) is 5. The molecule has 0 fully saturated rings. The molecule has 0 spiro atoms. The Hall–Kier alpha value is -2.89. The number of carbonyl (C=O) groups is 1. The molecule has 6 heteroatoms. The normalized spacial score (nSPS) is 9.95. The highest BCUT2D eigenvalue weighted by Gasteiger charge is 2.17. The third-order valence-corrected chi connectivity index (χ3v) is 3.03. The lowest BCUT2D eigenvalue weighted by molar-refractivity contribution is 0.102. The van der Waals surface area contributed by atoms with E-state index in [1.165, 1.54) is 33.5 Å². The predicted octanol–water partition coefficient (Wildman–Crippen LogP) is 2.67.